The van der Waals surface area contributed by atoms with Crippen LogP contribution in [-0.4, -0.2) is 114 Å². The third-order valence-corrected chi connectivity index (χ3v) is 15.9. The van der Waals surface area contributed by atoms with Gasteiger partial charge in [0, 0.05) is 31.4 Å². The highest BCUT2D eigenvalue weighted by molar-refractivity contribution is 7.61. The van der Waals surface area contributed by atoms with Crippen LogP contribution >= 0.6 is 15.6 Å². The van der Waals surface area contributed by atoms with E-state index in [1.54, 1.807) is 0 Å². The normalized spacial score (nSPS) is 30.0. The number of nitrogen functional groups attached to an aromatic ring is 1. The molecule has 0 aromatic carbocycles. The third-order valence-electron chi connectivity index (χ3n) is 13.3. The number of aliphatic hydroxyl groups is 4. The molecule has 0 spiro atoms. The van der Waals surface area contributed by atoms with Crippen molar-refractivity contribution in [2.24, 2.45) is 17.8 Å². The average Bonchev–Trinajstić information content (AvgIpc) is 3.31. The zero-order valence-corrected chi connectivity index (χ0v) is 44.4. The number of nitrogens with zero attached hydrogens (tertiary/aromatic N) is 2. The molecule has 2 bridgehead atoms. The molecule has 0 amide bonds. The number of anilines is 1. The number of cyclic esters (lactones) is 1. The Morgan fingerprint density at radius 2 is 1.49 bits per heavy atom. The van der Waals surface area contributed by atoms with E-state index in [1.165, 1.54) is 62.9 Å². The number of aromatic nitrogens is 2. The molecule has 21 nitrogen and oxygen atoms in total. The maximum atomic E-state index is 14.0. The highest BCUT2D eigenvalue weighted by Gasteiger charge is 2.45. The number of phosphoric acid groups is 2. The lowest BCUT2D eigenvalue weighted by atomic mass is 9.83. The standard InChI is InChI=1S/C49H85N3O18P2/c1-4-6-17-23-36(53)27-28-38-40(54)31-41(55)39-24-19-15-16-20-25-44(56)65-32-37(68-45(57)26-21-14-12-10-8-7-9-11-13-18-22-35(3)5-2)33-66-71(61,62)70-72(63,64)67-34-42(47(59)46(38)58)69-48(39)52-30-29-43(50)51-49(52)60/h27-30,35-39,41-42,46-48,53,55,58-59H,4-26,31-34H2,1-3H3,(H,61,62)(H,63,64)(H2,50,51,60)/b28-27+/t35?,36-,37+,38-,39-,41-,42+,46-,47+,48+/m0/s1. The number of unbranched alkanes of at least 4 members (excludes halogenated alkanes) is 11. The third kappa shape index (κ3) is 24.6. The van der Waals surface area contributed by atoms with Crippen LogP contribution in [-0.2, 0) is 51.1 Å². The molecular formula is C49H85N3O18P2. The van der Waals surface area contributed by atoms with Crippen LogP contribution in [0.1, 0.15) is 181 Å². The van der Waals surface area contributed by atoms with Gasteiger partial charge in [0.25, 0.3) is 0 Å². The Balaban J connectivity index is 1.81. The molecule has 3 heterocycles. The van der Waals surface area contributed by atoms with E-state index in [-0.39, 0.29) is 25.1 Å². The average molecular weight is 1070 g/mol. The maximum Gasteiger partial charge on any atom is 0.481 e. The SMILES string of the molecule is CCCCC[C@H](O)/C=C/[C@H]1C(=O)C[C@H](O)[C@@H]2CCCCCCC(=O)OC[C@@H](OC(=O)CCCCCCCCCCCCC(C)CC)COP(=O)(O)OP(=O)(O)OC[C@@H](O[C@H]2n2ccc(N)nc2=O)[C@@H](O)[C@H]1O. The highest BCUT2D eigenvalue weighted by Crippen LogP contribution is 2.60. The van der Waals surface area contributed by atoms with Gasteiger partial charge in [0.2, 0.25) is 0 Å². The summed E-state index contributed by atoms with van der Waals surface area (Å²) in [7, 11) is -11.3. The van der Waals surface area contributed by atoms with Crippen molar-refractivity contribution in [2.75, 3.05) is 25.6 Å². The Hall–Kier alpha value is -2.91. The quantitative estimate of drug-likeness (QED) is 0.0259. The van der Waals surface area contributed by atoms with E-state index in [4.69, 9.17) is 29.0 Å². The van der Waals surface area contributed by atoms with Gasteiger partial charge in [-0.05, 0) is 37.7 Å². The predicted octanol–water partition coefficient (Wildman–Crippen LogP) is 7.28. The first kappa shape index (κ1) is 63.4. The zero-order chi connectivity index (χ0) is 53.1. The largest absolute Gasteiger partial charge is 0.481 e. The number of rotatable bonds is 22. The molecule has 0 radical (unpaired) electrons. The lowest BCUT2D eigenvalue weighted by molar-refractivity contribution is -0.188. The van der Waals surface area contributed by atoms with Crippen LogP contribution < -0.4 is 11.4 Å². The molecule has 1 aromatic heterocycles. The molecule has 2 fully saturated rings. The fourth-order valence-corrected chi connectivity index (χ4v) is 10.8. The monoisotopic (exact) mass is 1070 g/mol. The van der Waals surface area contributed by atoms with Crippen LogP contribution in [0.15, 0.2) is 29.2 Å². The fourth-order valence-electron chi connectivity index (χ4n) is 8.72. The van der Waals surface area contributed by atoms with Gasteiger partial charge < -0.3 is 50.2 Å². The second-order valence-electron chi connectivity index (χ2n) is 19.4. The van der Waals surface area contributed by atoms with Crippen LogP contribution in [0, 0.1) is 17.8 Å². The second-order valence-corrected chi connectivity index (χ2v) is 22.5. The molecule has 12 atom stereocenters. The van der Waals surface area contributed by atoms with Gasteiger partial charge in [0.05, 0.1) is 37.4 Å². The number of aliphatic hydroxyl groups excluding tert-OH is 4. The molecule has 2 saturated heterocycles. The van der Waals surface area contributed by atoms with Crippen molar-refractivity contribution >= 4 is 39.2 Å². The fraction of sp³-hybridized carbons (Fsp3) is 0.816. The van der Waals surface area contributed by atoms with Crippen LogP contribution in [0.25, 0.3) is 0 Å². The molecule has 3 unspecified atom stereocenters. The van der Waals surface area contributed by atoms with Gasteiger partial charge in [-0.2, -0.15) is 9.29 Å². The minimum absolute atomic E-state index is 0.00575. The molecule has 72 heavy (non-hydrogen) atoms. The van der Waals surface area contributed by atoms with E-state index in [2.05, 4.69) is 23.1 Å². The topological polar surface area (TPSA) is 323 Å². The van der Waals surface area contributed by atoms with Crippen molar-refractivity contribution < 1.29 is 81.3 Å². The van der Waals surface area contributed by atoms with Crippen molar-refractivity contribution in [3.05, 3.63) is 34.9 Å². The van der Waals surface area contributed by atoms with Crippen molar-refractivity contribution in [2.45, 2.75) is 218 Å². The summed E-state index contributed by atoms with van der Waals surface area (Å²) in [5, 5.41) is 45.8. The van der Waals surface area contributed by atoms with E-state index in [1.807, 2.05) is 6.92 Å². The summed E-state index contributed by atoms with van der Waals surface area (Å²) in [4.78, 5) is 78.2. The van der Waals surface area contributed by atoms with Crippen LogP contribution in [0.4, 0.5) is 5.82 Å². The first-order valence-corrected chi connectivity index (χ1v) is 29.2. The molecule has 8 N–H and O–H groups in total. The molecule has 1 aromatic rings. The number of hydrogen-bond acceptors (Lipinski definition) is 18. The van der Waals surface area contributed by atoms with Gasteiger partial charge in [-0.25, -0.2) is 13.9 Å². The minimum Gasteiger partial charge on any atom is -0.462 e. The van der Waals surface area contributed by atoms with Gasteiger partial charge in [-0.15, -0.1) is 0 Å². The zero-order valence-electron chi connectivity index (χ0n) is 42.6. The first-order chi connectivity index (χ1) is 34.3. The number of carbonyl (C=O) groups is 3. The summed E-state index contributed by atoms with van der Waals surface area (Å²) >= 11 is 0. The molecule has 0 aliphatic carbocycles. The molecule has 2 aliphatic heterocycles. The maximum absolute atomic E-state index is 14.0. The van der Waals surface area contributed by atoms with Crippen molar-refractivity contribution in [3.63, 3.8) is 0 Å². The Morgan fingerprint density at radius 3 is 2.14 bits per heavy atom. The molecule has 414 valence electrons. The summed E-state index contributed by atoms with van der Waals surface area (Å²) < 4.78 is 59.1. The summed E-state index contributed by atoms with van der Waals surface area (Å²) in [6.07, 6.45) is 8.46. The molecule has 2 aliphatic rings. The lowest BCUT2D eigenvalue weighted by Gasteiger charge is -2.39. The lowest BCUT2D eigenvalue weighted by Crippen LogP contribution is -2.51. The number of carbonyl (C=O) groups excluding carboxylic acids is 3. The minimum atomic E-state index is -5.71. The highest BCUT2D eigenvalue weighted by atomic mass is 31.3. The van der Waals surface area contributed by atoms with Gasteiger partial charge >= 0.3 is 33.3 Å². The number of Topliss-reactive ketones (excluding diaryl/α,β-unsaturated/α-hetero) is 1. The first-order valence-electron chi connectivity index (χ1n) is 26.2. The van der Waals surface area contributed by atoms with E-state index in [0.717, 1.165) is 55.4 Å². The van der Waals surface area contributed by atoms with Crippen LogP contribution in [0.3, 0.4) is 0 Å². The Morgan fingerprint density at radius 1 is 0.861 bits per heavy atom. The van der Waals surface area contributed by atoms with Crippen molar-refractivity contribution in [3.8, 4) is 0 Å². The van der Waals surface area contributed by atoms with Gasteiger partial charge in [0.1, 0.15) is 36.6 Å². The number of nitrogens with two attached hydrogens (primary N) is 1. The smallest absolute Gasteiger partial charge is 0.462 e. The predicted molar refractivity (Wildman–Crippen MR) is 267 cm³/mol. The van der Waals surface area contributed by atoms with E-state index < -0.39 is 120 Å². The summed E-state index contributed by atoms with van der Waals surface area (Å²) in [5.41, 5.74) is 4.78. The molecular weight excluding hydrogens is 980 g/mol. The van der Waals surface area contributed by atoms with E-state index in [0.29, 0.717) is 44.9 Å². The number of fused-ring (bicyclic) bond motifs is 3. The number of ether oxygens (including phenoxy) is 3. The number of phosphoric ester groups is 2. The Labute approximate surface area is 424 Å². The van der Waals surface area contributed by atoms with Crippen LogP contribution in [0.2, 0.25) is 0 Å². The Kier molecular flexibility index (Phi) is 29.8. The number of esters is 2. The second kappa shape index (κ2) is 33.9. The van der Waals surface area contributed by atoms with Gasteiger partial charge in [-0.3, -0.25) is 28.0 Å². The summed E-state index contributed by atoms with van der Waals surface area (Å²) in [6.45, 7) is 3.79. The van der Waals surface area contributed by atoms with E-state index >= 15 is 0 Å². The van der Waals surface area contributed by atoms with Gasteiger partial charge in [0.15, 0.2) is 6.10 Å². The van der Waals surface area contributed by atoms with Crippen LogP contribution in [0.5, 0.6) is 0 Å². The Bertz CT molecular complexity index is 1940. The molecule has 0 saturated carbocycles. The summed E-state index contributed by atoms with van der Waals surface area (Å²) in [6, 6.07) is 1.24. The molecule has 3 rings (SSSR count). The van der Waals surface area contributed by atoms with E-state index in [9.17, 15) is 58.5 Å². The van der Waals surface area contributed by atoms with Crippen molar-refractivity contribution in [1.82, 2.24) is 9.55 Å². The summed E-state index contributed by atoms with van der Waals surface area (Å²) in [5.74, 6) is -4.26. The van der Waals surface area contributed by atoms with Gasteiger partial charge in [-0.1, -0.05) is 142 Å². The number of hydrogen-bond donors (Lipinski definition) is 7. The number of ketones is 1. The van der Waals surface area contributed by atoms with Crippen molar-refractivity contribution in [1.29, 1.82) is 0 Å². The molecule has 23 heteroatoms.